The van der Waals surface area contributed by atoms with Gasteiger partial charge in [0.25, 0.3) is 5.91 Å². The van der Waals surface area contributed by atoms with Crippen molar-refractivity contribution >= 4 is 11.6 Å². The summed E-state index contributed by atoms with van der Waals surface area (Å²) in [4.78, 5) is 16.9. The molecule has 0 saturated heterocycles. The molecule has 0 unspecified atom stereocenters. The zero-order valence-corrected chi connectivity index (χ0v) is 15.5. The number of carbonyl (C=O) groups is 1. The van der Waals surface area contributed by atoms with Gasteiger partial charge in [-0.2, -0.15) is 0 Å². The van der Waals surface area contributed by atoms with E-state index in [2.05, 4.69) is 22.3 Å². The fourth-order valence-electron chi connectivity index (χ4n) is 3.82. The summed E-state index contributed by atoms with van der Waals surface area (Å²) in [6.07, 6.45) is -0.614. The second kappa shape index (κ2) is 7.58. The first-order valence-corrected chi connectivity index (χ1v) is 9.34. The lowest BCUT2D eigenvalue weighted by Gasteiger charge is -2.29. The molecule has 0 bridgehead atoms. The molecule has 2 N–H and O–H groups in total. The predicted octanol–water partition coefficient (Wildman–Crippen LogP) is 1.62. The third-order valence-electron chi connectivity index (χ3n) is 5.18. The first-order chi connectivity index (χ1) is 13.1. The molecule has 0 aromatic heterocycles. The van der Waals surface area contributed by atoms with Crippen LogP contribution in [0.5, 0.6) is 5.75 Å². The summed E-state index contributed by atoms with van der Waals surface area (Å²) >= 11 is 0. The van der Waals surface area contributed by atoms with Crippen LogP contribution in [0.1, 0.15) is 21.5 Å². The number of rotatable bonds is 5. The van der Waals surface area contributed by atoms with Gasteiger partial charge in [0.15, 0.2) is 0 Å². The monoisotopic (exact) mass is 367 g/mol. The van der Waals surface area contributed by atoms with Crippen LogP contribution in [0.4, 0.5) is 5.69 Å². The summed E-state index contributed by atoms with van der Waals surface area (Å²) in [5, 5.41) is 13.3. The second-order valence-corrected chi connectivity index (χ2v) is 7.22. The predicted molar refractivity (Wildman–Crippen MR) is 104 cm³/mol. The number of hydrogen-bond acceptors (Lipinski definition) is 5. The van der Waals surface area contributed by atoms with Gasteiger partial charge < -0.3 is 20.1 Å². The van der Waals surface area contributed by atoms with E-state index in [0.717, 1.165) is 31.1 Å². The minimum absolute atomic E-state index is 0.187. The first kappa shape index (κ1) is 17.8. The number of ether oxygens (including phenoxy) is 1. The smallest absolute Gasteiger partial charge is 0.253 e. The zero-order valence-electron chi connectivity index (χ0n) is 15.5. The van der Waals surface area contributed by atoms with Gasteiger partial charge in [-0.3, -0.25) is 9.69 Å². The summed E-state index contributed by atoms with van der Waals surface area (Å²) in [5.74, 6) is 0.541. The number of likely N-dealkylation sites (N-methyl/N-ethyl adjacent to an activating group) is 1. The molecule has 142 valence electrons. The van der Waals surface area contributed by atoms with E-state index in [1.54, 1.807) is 6.07 Å². The highest BCUT2D eigenvalue weighted by Gasteiger charge is 2.24. The van der Waals surface area contributed by atoms with E-state index in [-0.39, 0.29) is 12.5 Å². The van der Waals surface area contributed by atoms with Gasteiger partial charge in [-0.1, -0.05) is 30.3 Å². The molecule has 0 aliphatic carbocycles. The van der Waals surface area contributed by atoms with Crippen LogP contribution in [-0.2, 0) is 13.1 Å². The number of carbonyl (C=O) groups excluding carboxylic acids is 1. The summed E-state index contributed by atoms with van der Waals surface area (Å²) in [6, 6.07) is 13.8. The maximum atomic E-state index is 12.7. The highest BCUT2D eigenvalue weighted by Crippen LogP contribution is 2.34. The summed E-state index contributed by atoms with van der Waals surface area (Å²) < 4.78 is 5.65. The fraction of sp³-hybridized carbons (Fsp3) is 0.381. The molecule has 0 saturated carbocycles. The molecule has 2 aromatic rings. The molecule has 27 heavy (non-hydrogen) atoms. The lowest BCUT2D eigenvalue weighted by Crippen LogP contribution is -2.39. The van der Waals surface area contributed by atoms with E-state index >= 15 is 0 Å². The van der Waals surface area contributed by atoms with Crippen LogP contribution < -0.4 is 15.0 Å². The molecule has 6 heteroatoms. The van der Waals surface area contributed by atoms with E-state index in [9.17, 15) is 9.90 Å². The average molecular weight is 367 g/mol. The SMILES string of the molecule is CN1CCOc2cccc(C(=O)NC[C@H](O)CN3Cc4ccccc4C3)c21. The summed E-state index contributed by atoms with van der Waals surface area (Å²) in [6.45, 7) is 3.80. The topological polar surface area (TPSA) is 65.0 Å². The van der Waals surface area contributed by atoms with Gasteiger partial charge in [-0.05, 0) is 23.3 Å². The van der Waals surface area contributed by atoms with E-state index in [0.29, 0.717) is 18.7 Å². The number of benzene rings is 2. The number of hydrogen-bond donors (Lipinski definition) is 2. The van der Waals surface area contributed by atoms with E-state index in [1.807, 2.05) is 36.2 Å². The van der Waals surface area contributed by atoms with E-state index < -0.39 is 6.10 Å². The Morgan fingerprint density at radius 1 is 1.19 bits per heavy atom. The van der Waals surface area contributed by atoms with E-state index in [4.69, 9.17) is 4.74 Å². The molecule has 2 aromatic carbocycles. The number of β-amino-alcohol motifs (C(OH)–C–C–N with tert-alkyl or cyclic N) is 1. The van der Waals surface area contributed by atoms with Crippen LogP contribution in [0.15, 0.2) is 42.5 Å². The number of nitrogens with one attached hydrogen (secondary N) is 1. The van der Waals surface area contributed by atoms with Crippen molar-refractivity contribution in [3.63, 3.8) is 0 Å². The Morgan fingerprint density at radius 2 is 1.93 bits per heavy atom. The molecule has 2 heterocycles. The average Bonchev–Trinajstić information content (AvgIpc) is 3.08. The number of aliphatic hydroxyl groups excluding tert-OH is 1. The van der Waals surface area contributed by atoms with Crippen molar-refractivity contribution in [2.75, 3.05) is 38.2 Å². The highest BCUT2D eigenvalue weighted by atomic mass is 16.5. The first-order valence-electron chi connectivity index (χ1n) is 9.34. The van der Waals surface area contributed by atoms with Crippen molar-refractivity contribution in [1.29, 1.82) is 0 Å². The largest absolute Gasteiger partial charge is 0.490 e. The standard InChI is InChI=1S/C21H25N3O3/c1-23-9-10-27-19-8-4-7-18(20(19)23)21(26)22-11-17(25)14-24-12-15-5-2-3-6-16(15)13-24/h2-8,17,25H,9-14H2,1H3,(H,22,26)/t17-/m0/s1. The minimum atomic E-state index is -0.614. The number of nitrogens with zero attached hydrogens (tertiary/aromatic N) is 2. The Kier molecular flexibility index (Phi) is 5.01. The zero-order chi connectivity index (χ0) is 18.8. The van der Waals surface area contributed by atoms with Crippen molar-refractivity contribution < 1.29 is 14.6 Å². The van der Waals surface area contributed by atoms with Crippen molar-refractivity contribution in [2.24, 2.45) is 0 Å². The van der Waals surface area contributed by atoms with Gasteiger partial charge in [0.2, 0.25) is 0 Å². The van der Waals surface area contributed by atoms with Gasteiger partial charge in [-0.25, -0.2) is 0 Å². The summed E-state index contributed by atoms with van der Waals surface area (Å²) in [5.41, 5.74) is 4.02. The Bertz CT molecular complexity index is 814. The van der Waals surface area contributed by atoms with E-state index in [1.165, 1.54) is 11.1 Å². The molecule has 2 aliphatic rings. The third-order valence-corrected chi connectivity index (χ3v) is 5.18. The molecular formula is C21H25N3O3. The van der Waals surface area contributed by atoms with Crippen LogP contribution >= 0.6 is 0 Å². The Balaban J connectivity index is 1.34. The third kappa shape index (κ3) is 3.77. The number of aliphatic hydroxyl groups is 1. The fourth-order valence-corrected chi connectivity index (χ4v) is 3.82. The molecule has 4 rings (SSSR count). The molecule has 1 amide bonds. The van der Waals surface area contributed by atoms with Crippen LogP contribution in [0.25, 0.3) is 0 Å². The molecule has 2 aliphatic heterocycles. The molecule has 1 atom stereocenters. The number of amides is 1. The van der Waals surface area contributed by atoms with Crippen LogP contribution in [0, 0.1) is 0 Å². The van der Waals surface area contributed by atoms with Gasteiger partial charge in [-0.15, -0.1) is 0 Å². The molecule has 0 radical (unpaired) electrons. The number of para-hydroxylation sites is 1. The van der Waals surface area contributed by atoms with Crippen molar-refractivity contribution in [3.8, 4) is 5.75 Å². The summed E-state index contributed by atoms with van der Waals surface area (Å²) in [7, 11) is 1.96. The molecule has 6 nitrogen and oxygen atoms in total. The highest BCUT2D eigenvalue weighted by molar-refractivity contribution is 6.01. The molecule has 0 fully saturated rings. The minimum Gasteiger partial charge on any atom is -0.490 e. The normalized spacial score (nSPS) is 17.0. The van der Waals surface area contributed by atoms with Crippen molar-refractivity contribution in [3.05, 3.63) is 59.2 Å². The second-order valence-electron chi connectivity index (χ2n) is 7.22. The Morgan fingerprint density at radius 3 is 2.67 bits per heavy atom. The van der Waals surface area contributed by atoms with Crippen LogP contribution in [0.2, 0.25) is 0 Å². The van der Waals surface area contributed by atoms with Crippen LogP contribution in [0.3, 0.4) is 0 Å². The Labute approximate surface area is 159 Å². The lowest BCUT2D eigenvalue weighted by atomic mass is 10.1. The van der Waals surface area contributed by atoms with Gasteiger partial charge in [0.1, 0.15) is 12.4 Å². The van der Waals surface area contributed by atoms with Gasteiger partial charge in [0.05, 0.1) is 23.9 Å². The van der Waals surface area contributed by atoms with Gasteiger partial charge >= 0.3 is 0 Å². The Hall–Kier alpha value is -2.57. The maximum absolute atomic E-state index is 12.7. The van der Waals surface area contributed by atoms with Crippen molar-refractivity contribution in [1.82, 2.24) is 10.2 Å². The number of anilines is 1. The lowest BCUT2D eigenvalue weighted by molar-refractivity contribution is 0.0855. The molecular weight excluding hydrogens is 342 g/mol. The van der Waals surface area contributed by atoms with Gasteiger partial charge in [0, 0.05) is 33.2 Å². The maximum Gasteiger partial charge on any atom is 0.253 e. The number of fused-ring (bicyclic) bond motifs is 2. The molecule has 0 spiro atoms. The van der Waals surface area contributed by atoms with Crippen LogP contribution in [-0.4, -0.2) is 55.3 Å². The van der Waals surface area contributed by atoms with Crippen molar-refractivity contribution in [2.45, 2.75) is 19.2 Å². The quantitative estimate of drug-likeness (QED) is 0.841.